The molecule has 1 saturated heterocycles. The fourth-order valence-electron chi connectivity index (χ4n) is 3.93. The second-order valence-corrected chi connectivity index (χ2v) is 8.49. The van der Waals surface area contributed by atoms with Crippen LogP contribution in [-0.2, 0) is 16.1 Å². The zero-order valence-electron chi connectivity index (χ0n) is 19.0. The summed E-state index contributed by atoms with van der Waals surface area (Å²) in [4.78, 5) is 55.2. The van der Waals surface area contributed by atoms with Crippen LogP contribution in [0.3, 0.4) is 0 Å². The molecule has 4 heterocycles. The van der Waals surface area contributed by atoms with Gasteiger partial charge in [0.25, 0.3) is 5.91 Å². The van der Waals surface area contributed by atoms with Gasteiger partial charge in [-0.3, -0.25) is 9.78 Å². The van der Waals surface area contributed by atoms with Gasteiger partial charge in [0.15, 0.2) is 5.69 Å². The molecular formula is C24H21ClN6O5. The first-order valence-electron chi connectivity index (χ1n) is 11.2. The Balaban J connectivity index is 1.22. The van der Waals surface area contributed by atoms with Crippen LogP contribution in [0.4, 0.5) is 15.4 Å². The molecule has 36 heavy (non-hydrogen) atoms. The van der Waals surface area contributed by atoms with E-state index in [4.69, 9.17) is 21.1 Å². The number of benzene rings is 1. The third-order valence-electron chi connectivity index (χ3n) is 5.79. The third-order valence-corrected chi connectivity index (χ3v) is 6.01. The molecule has 5 rings (SSSR count). The van der Waals surface area contributed by atoms with Crippen LogP contribution >= 0.6 is 11.6 Å². The number of hydrogen-bond acceptors (Lipinski definition) is 8. The summed E-state index contributed by atoms with van der Waals surface area (Å²) >= 11 is 5.93. The van der Waals surface area contributed by atoms with Gasteiger partial charge in [0, 0.05) is 44.8 Å². The zero-order valence-corrected chi connectivity index (χ0v) is 19.7. The highest BCUT2D eigenvalue weighted by Gasteiger charge is 2.44. The summed E-state index contributed by atoms with van der Waals surface area (Å²) in [7, 11) is 0. The van der Waals surface area contributed by atoms with Crippen LogP contribution in [-0.4, -0.2) is 69.0 Å². The Hall–Kier alpha value is -4.25. The summed E-state index contributed by atoms with van der Waals surface area (Å²) in [5.41, 5.74) is 1.19. The van der Waals surface area contributed by atoms with Crippen LogP contribution in [0.25, 0.3) is 0 Å². The molecule has 1 fully saturated rings. The van der Waals surface area contributed by atoms with Crippen LogP contribution in [0.1, 0.15) is 28.0 Å². The summed E-state index contributed by atoms with van der Waals surface area (Å²) in [6.07, 6.45) is 1.97. The Labute approximate surface area is 211 Å². The maximum Gasteiger partial charge on any atom is 0.412 e. The largest absolute Gasteiger partial charge is 0.445 e. The van der Waals surface area contributed by atoms with Gasteiger partial charge < -0.3 is 19.3 Å². The molecule has 2 aliphatic heterocycles. The van der Waals surface area contributed by atoms with Crippen molar-refractivity contribution in [2.45, 2.75) is 12.8 Å². The number of carbonyl (C=O) groups is 3. The molecule has 12 heteroatoms. The van der Waals surface area contributed by atoms with Crippen LogP contribution in [0.15, 0.2) is 61.1 Å². The lowest BCUT2D eigenvalue weighted by Crippen LogP contribution is -2.51. The smallest absolute Gasteiger partial charge is 0.412 e. The number of halogens is 1. The maximum atomic E-state index is 13.0. The molecule has 3 amide bonds. The van der Waals surface area contributed by atoms with E-state index in [1.807, 2.05) is 30.3 Å². The van der Waals surface area contributed by atoms with Gasteiger partial charge in [-0.25, -0.2) is 24.5 Å². The standard InChI is InChI=1S/C24H21ClN6O5/c25-17-6-7-18(28-14-17)31-21(32)19-20(27-9-8-26-19)22(31)36-24(34)30-12-10-29(11-13-30)23(33)35-15-16-4-2-1-3-5-16/h1-9,14,22H,10-13,15H2. The fraction of sp³-hybridized carbons (Fsp3) is 0.250. The minimum Gasteiger partial charge on any atom is -0.445 e. The normalized spacial score (nSPS) is 17.1. The van der Waals surface area contributed by atoms with Gasteiger partial charge in [0.2, 0.25) is 6.23 Å². The van der Waals surface area contributed by atoms with Crippen LogP contribution < -0.4 is 4.90 Å². The fourth-order valence-corrected chi connectivity index (χ4v) is 4.04. The Morgan fingerprint density at radius 1 is 0.917 bits per heavy atom. The SMILES string of the molecule is O=C(OCc1ccccc1)N1CCN(C(=O)OC2c3nccnc3C(=O)N2c2ccc(Cl)cn2)CC1. The minimum absolute atomic E-state index is 0.0815. The molecule has 1 aromatic carbocycles. The summed E-state index contributed by atoms with van der Waals surface area (Å²) in [5, 5.41) is 0.396. The summed E-state index contributed by atoms with van der Waals surface area (Å²) in [6, 6.07) is 12.5. The lowest BCUT2D eigenvalue weighted by atomic mass is 10.2. The van der Waals surface area contributed by atoms with E-state index in [2.05, 4.69) is 15.0 Å². The predicted molar refractivity (Wildman–Crippen MR) is 127 cm³/mol. The van der Waals surface area contributed by atoms with Gasteiger partial charge in [-0.1, -0.05) is 41.9 Å². The number of nitrogens with zero attached hydrogens (tertiary/aromatic N) is 6. The first-order valence-corrected chi connectivity index (χ1v) is 11.6. The number of ether oxygens (including phenoxy) is 2. The molecule has 0 N–H and O–H groups in total. The van der Waals surface area contributed by atoms with Crippen LogP contribution in [0.5, 0.6) is 0 Å². The number of amides is 3. The minimum atomic E-state index is -1.14. The number of hydrogen-bond donors (Lipinski definition) is 0. The molecule has 2 aliphatic rings. The Bertz CT molecular complexity index is 1270. The first kappa shape index (κ1) is 23.5. The van der Waals surface area contributed by atoms with Crippen LogP contribution in [0.2, 0.25) is 5.02 Å². The summed E-state index contributed by atoms with van der Waals surface area (Å²) in [5.74, 6) is -0.246. The van der Waals surface area contributed by atoms with E-state index in [-0.39, 0.29) is 50.0 Å². The topological polar surface area (TPSA) is 118 Å². The molecule has 184 valence electrons. The molecule has 0 radical (unpaired) electrons. The highest BCUT2D eigenvalue weighted by Crippen LogP contribution is 2.35. The lowest BCUT2D eigenvalue weighted by molar-refractivity contribution is 0.0384. The maximum absolute atomic E-state index is 13.0. The second-order valence-electron chi connectivity index (χ2n) is 8.05. The predicted octanol–water partition coefficient (Wildman–Crippen LogP) is 3.28. The monoisotopic (exact) mass is 508 g/mol. The number of rotatable bonds is 4. The van der Waals surface area contributed by atoms with Gasteiger partial charge in [-0.05, 0) is 17.7 Å². The van der Waals surface area contributed by atoms with E-state index in [9.17, 15) is 14.4 Å². The average molecular weight is 509 g/mol. The number of carbonyl (C=O) groups excluding carboxylic acids is 3. The van der Waals surface area contributed by atoms with Crippen LogP contribution in [0, 0.1) is 0 Å². The Kier molecular flexibility index (Phi) is 6.63. The zero-order chi connectivity index (χ0) is 25.1. The van der Waals surface area contributed by atoms with Crippen molar-refractivity contribution in [3.8, 4) is 0 Å². The summed E-state index contributed by atoms with van der Waals surface area (Å²) < 4.78 is 11.1. The van der Waals surface area contributed by atoms with Crippen molar-refractivity contribution in [2.24, 2.45) is 0 Å². The van der Waals surface area contributed by atoms with Gasteiger partial charge in [-0.15, -0.1) is 0 Å². The van der Waals surface area contributed by atoms with Crippen molar-refractivity contribution in [3.05, 3.63) is 83.0 Å². The quantitative estimate of drug-likeness (QED) is 0.527. The van der Waals surface area contributed by atoms with E-state index in [1.165, 1.54) is 33.3 Å². The molecule has 2 aromatic heterocycles. The van der Waals surface area contributed by atoms with E-state index in [0.717, 1.165) is 5.56 Å². The van der Waals surface area contributed by atoms with Gasteiger partial charge >= 0.3 is 12.2 Å². The molecule has 1 unspecified atom stereocenters. The number of piperazine rings is 1. The Morgan fingerprint density at radius 3 is 2.31 bits per heavy atom. The first-order chi connectivity index (χ1) is 17.5. The highest BCUT2D eigenvalue weighted by atomic mass is 35.5. The van der Waals surface area contributed by atoms with Crippen molar-refractivity contribution in [1.82, 2.24) is 24.8 Å². The van der Waals surface area contributed by atoms with E-state index in [1.54, 1.807) is 12.1 Å². The molecule has 0 aliphatic carbocycles. The van der Waals surface area contributed by atoms with Crippen molar-refractivity contribution in [3.63, 3.8) is 0 Å². The van der Waals surface area contributed by atoms with Crippen molar-refractivity contribution >= 4 is 35.5 Å². The molecule has 1 atom stereocenters. The molecular weight excluding hydrogens is 488 g/mol. The number of pyridine rings is 1. The van der Waals surface area contributed by atoms with E-state index in [0.29, 0.717) is 5.02 Å². The lowest BCUT2D eigenvalue weighted by Gasteiger charge is -2.34. The van der Waals surface area contributed by atoms with Gasteiger partial charge in [0.05, 0.1) is 5.02 Å². The van der Waals surface area contributed by atoms with Crippen molar-refractivity contribution in [1.29, 1.82) is 0 Å². The van der Waals surface area contributed by atoms with Gasteiger partial charge in [-0.2, -0.15) is 0 Å². The third kappa shape index (κ3) is 4.78. The number of anilines is 1. The highest BCUT2D eigenvalue weighted by molar-refractivity contribution is 6.30. The molecule has 3 aromatic rings. The molecule has 0 bridgehead atoms. The summed E-state index contributed by atoms with van der Waals surface area (Å²) in [6.45, 7) is 1.22. The molecule has 0 spiro atoms. The Morgan fingerprint density at radius 2 is 1.61 bits per heavy atom. The number of fused-ring (bicyclic) bond motifs is 1. The average Bonchev–Trinajstić information content (AvgIpc) is 3.19. The van der Waals surface area contributed by atoms with Crippen molar-refractivity contribution < 1.29 is 23.9 Å². The second kappa shape index (κ2) is 10.2. The van der Waals surface area contributed by atoms with Gasteiger partial charge in [0.1, 0.15) is 18.1 Å². The number of aromatic nitrogens is 3. The van der Waals surface area contributed by atoms with Crippen molar-refractivity contribution in [2.75, 3.05) is 31.1 Å². The van der Waals surface area contributed by atoms with E-state index >= 15 is 0 Å². The molecule has 0 saturated carbocycles. The molecule has 11 nitrogen and oxygen atoms in total. The van der Waals surface area contributed by atoms with E-state index < -0.39 is 24.3 Å².